The number of phenols is 1. The Kier molecular flexibility index (Phi) is 4.16. The molecular formula is C22H26O2. The van der Waals surface area contributed by atoms with Crippen LogP contribution >= 0.6 is 0 Å². The summed E-state index contributed by atoms with van der Waals surface area (Å²) in [4.78, 5) is 0. The SMILES string of the molecule is CC/C=C/Oc1ccc(C2(C)CC(C)(C)c3ccc(O)cc32)cc1. The molecule has 1 N–H and O–H groups in total. The maximum Gasteiger partial charge on any atom is 0.126 e. The number of phenolic OH excluding ortho intramolecular Hbond substituents is 1. The third-order valence-electron chi connectivity index (χ3n) is 5.15. The zero-order valence-corrected chi connectivity index (χ0v) is 15.0. The van der Waals surface area contributed by atoms with Gasteiger partial charge >= 0.3 is 0 Å². The Labute approximate surface area is 144 Å². The first-order valence-corrected chi connectivity index (χ1v) is 8.63. The van der Waals surface area contributed by atoms with Crippen molar-refractivity contribution in [3.8, 4) is 11.5 Å². The highest BCUT2D eigenvalue weighted by Gasteiger charge is 2.45. The van der Waals surface area contributed by atoms with Crippen LogP contribution in [0.15, 0.2) is 54.8 Å². The van der Waals surface area contributed by atoms with Gasteiger partial charge in [-0.3, -0.25) is 0 Å². The molecule has 2 aromatic carbocycles. The third kappa shape index (κ3) is 2.82. The Morgan fingerprint density at radius 2 is 1.75 bits per heavy atom. The summed E-state index contributed by atoms with van der Waals surface area (Å²) < 4.78 is 5.61. The first kappa shape index (κ1) is 16.6. The van der Waals surface area contributed by atoms with Crippen molar-refractivity contribution in [3.05, 3.63) is 71.5 Å². The highest BCUT2D eigenvalue weighted by atomic mass is 16.5. The van der Waals surface area contributed by atoms with Crippen LogP contribution in [0, 0.1) is 0 Å². The minimum Gasteiger partial charge on any atom is -0.508 e. The van der Waals surface area contributed by atoms with E-state index in [1.54, 1.807) is 12.3 Å². The molecule has 126 valence electrons. The topological polar surface area (TPSA) is 29.5 Å². The summed E-state index contributed by atoms with van der Waals surface area (Å²) in [6.07, 6.45) is 5.72. The van der Waals surface area contributed by atoms with Crippen LogP contribution in [0.2, 0.25) is 0 Å². The highest BCUT2D eigenvalue weighted by Crippen LogP contribution is 2.53. The first-order valence-electron chi connectivity index (χ1n) is 8.63. The summed E-state index contributed by atoms with van der Waals surface area (Å²) in [5.74, 6) is 1.18. The molecule has 1 aliphatic carbocycles. The van der Waals surface area contributed by atoms with E-state index in [1.807, 2.05) is 24.3 Å². The van der Waals surface area contributed by atoms with E-state index in [0.29, 0.717) is 5.75 Å². The summed E-state index contributed by atoms with van der Waals surface area (Å²) >= 11 is 0. The van der Waals surface area contributed by atoms with Crippen molar-refractivity contribution in [2.75, 3.05) is 0 Å². The number of allylic oxidation sites excluding steroid dienone is 1. The second-order valence-corrected chi connectivity index (χ2v) is 7.54. The van der Waals surface area contributed by atoms with Gasteiger partial charge in [-0.2, -0.15) is 0 Å². The van der Waals surface area contributed by atoms with Gasteiger partial charge in [0.1, 0.15) is 11.5 Å². The van der Waals surface area contributed by atoms with Crippen molar-refractivity contribution in [3.63, 3.8) is 0 Å². The number of hydrogen-bond acceptors (Lipinski definition) is 2. The third-order valence-corrected chi connectivity index (χ3v) is 5.15. The van der Waals surface area contributed by atoms with Crippen LogP contribution in [0.1, 0.15) is 57.2 Å². The van der Waals surface area contributed by atoms with E-state index in [2.05, 4.69) is 45.9 Å². The van der Waals surface area contributed by atoms with Crippen LogP contribution in [0.25, 0.3) is 0 Å². The minimum atomic E-state index is -0.102. The molecule has 2 aromatic rings. The zero-order chi connectivity index (χ0) is 17.4. The minimum absolute atomic E-state index is 0.0941. The predicted molar refractivity (Wildman–Crippen MR) is 98.7 cm³/mol. The van der Waals surface area contributed by atoms with Crippen molar-refractivity contribution in [2.24, 2.45) is 0 Å². The Balaban J connectivity index is 1.97. The molecule has 0 aromatic heterocycles. The van der Waals surface area contributed by atoms with Crippen LogP contribution in [-0.2, 0) is 10.8 Å². The van der Waals surface area contributed by atoms with E-state index in [-0.39, 0.29) is 10.8 Å². The van der Waals surface area contributed by atoms with Crippen molar-refractivity contribution >= 4 is 0 Å². The van der Waals surface area contributed by atoms with Gasteiger partial charge in [-0.1, -0.05) is 45.9 Å². The quantitative estimate of drug-likeness (QED) is 0.734. The fourth-order valence-electron chi connectivity index (χ4n) is 4.04. The number of ether oxygens (including phenoxy) is 1. The van der Waals surface area contributed by atoms with Crippen molar-refractivity contribution in [1.29, 1.82) is 0 Å². The molecule has 0 saturated heterocycles. The lowest BCUT2D eigenvalue weighted by Crippen LogP contribution is -2.23. The largest absolute Gasteiger partial charge is 0.508 e. The molecule has 0 saturated carbocycles. The highest BCUT2D eigenvalue weighted by molar-refractivity contribution is 5.54. The zero-order valence-electron chi connectivity index (χ0n) is 15.0. The molecule has 2 heteroatoms. The molecule has 24 heavy (non-hydrogen) atoms. The molecule has 1 atom stereocenters. The van der Waals surface area contributed by atoms with Crippen LogP contribution in [0.4, 0.5) is 0 Å². The summed E-state index contributed by atoms with van der Waals surface area (Å²) in [5.41, 5.74) is 3.81. The maximum absolute atomic E-state index is 9.98. The molecular weight excluding hydrogens is 296 g/mol. The maximum atomic E-state index is 9.98. The molecule has 1 aliphatic rings. The number of hydrogen-bond donors (Lipinski definition) is 1. The van der Waals surface area contributed by atoms with Crippen LogP contribution in [0.3, 0.4) is 0 Å². The molecule has 0 heterocycles. The Morgan fingerprint density at radius 3 is 2.42 bits per heavy atom. The van der Waals surface area contributed by atoms with Gasteiger partial charge in [0.15, 0.2) is 0 Å². The van der Waals surface area contributed by atoms with Crippen LogP contribution in [-0.4, -0.2) is 5.11 Å². The summed E-state index contributed by atoms with van der Waals surface area (Å²) in [6, 6.07) is 14.1. The average molecular weight is 322 g/mol. The Bertz CT molecular complexity index is 756. The fraction of sp³-hybridized carbons (Fsp3) is 0.364. The fourth-order valence-corrected chi connectivity index (χ4v) is 4.04. The number of aromatic hydroxyl groups is 1. The normalized spacial score (nSPS) is 21.8. The van der Waals surface area contributed by atoms with Gasteiger partial charge in [-0.05, 0) is 65.3 Å². The lowest BCUT2D eigenvalue weighted by molar-refractivity contribution is 0.423. The molecule has 1 unspecified atom stereocenters. The van der Waals surface area contributed by atoms with Crippen LogP contribution < -0.4 is 4.74 Å². The van der Waals surface area contributed by atoms with Gasteiger partial charge in [0.2, 0.25) is 0 Å². The van der Waals surface area contributed by atoms with E-state index in [1.165, 1.54) is 16.7 Å². The van der Waals surface area contributed by atoms with Gasteiger partial charge in [-0.25, -0.2) is 0 Å². The van der Waals surface area contributed by atoms with Gasteiger partial charge in [0.05, 0.1) is 6.26 Å². The van der Waals surface area contributed by atoms with E-state index in [4.69, 9.17) is 4.74 Å². The number of fused-ring (bicyclic) bond motifs is 1. The van der Waals surface area contributed by atoms with Gasteiger partial charge in [0, 0.05) is 5.41 Å². The number of rotatable bonds is 4. The van der Waals surface area contributed by atoms with E-state index in [0.717, 1.165) is 18.6 Å². The van der Waals surface area contributed by atoms with Gasteiger partial charge < -0.3 is 9.84 Å². The first-order chi connectivity index (χ1) is 11.4. The molecule has 0 aliphatic heterocycles. The Hall–Kier alpha value is -2.22. The van der Waals surface area contributed by atoms with Crippen molar-refractivity contribution < 1.29 is 9.84 Å². The number of benzene rings is 2. The summed E-state index contributed by atoms with van der Waals surface area (Å²) in [7, 11) is 0. The molecule has 0 radical (unpaired) electrons. The lowest BCUT2D eigenvalue weighted by Gasteiger charge is -2.28. The second kappa shape index (κ2) is 6.01. The Morgan fingerprint density at radius 1 is 1.04 bits per heavy atom. The van der Waals surface area contributed by atoms with E-state index < -0.39 is 0 Å². The van der Waals surface area contributed by atoms with E-state index in [9.17, 15) is 5.11 Å². The van der Waals surface area contributed by atoms with Crippen molar-refractivity contribution in [2.45, 2.75) is 51.4 Å². The second-order valence-electron chi connectivity index (χ2n) is 7.54. The molecule has 0 fully saturated rings. The lowest BCUT2D eigenvalue weighted by atomic mass is 9.75. The standard InChI is InChI=1S/C22H26O2/c1-5-6-13-24-18-10-7-16(8-11-18)22(4)15-21(2,3)19-12-9-17(23)14-20(19)22/h6-14,23H,5,15H2,1-4H3/b13-6+. The van der Waals surface area contributed by atoms with Gasteiger partial charge in [0.25, 0.3) is 0 Å². The smallest absolute Gasteiger partial charge is 0.126 e. The predicted octanol–water partition coefficient (Wildman–Crippen LogP) is 5.68. The van der Waals surface area contributed by atoms with Crippen molar-refractivity contribution in [1.82, 2.24) is 0 Å². The summed E-state index contributed by atoms with van der Waals surface area (Å²) in [5, 5.41) is 9.98. The molecule has 2 nitrogen and oxygen atoms in total. The average Bonchev–Trinajstić information content (AvgIpc) is 2.75. The van der Waals surface area contributed by atoms with Crippen LogP contribution in [0.5, 0.6) is 11.5 Å². The molecule has 0 bridgehead atoms. The molecule has 0 amide bonds. The van der Waals surface area contributed by atoms with Gasteiger partial charge in [-0.15, -0.1) is 0 Å². The monoisotopic (exact) mass is 322 g/mol. The molecule has 3 rings (SSSR count). The molecule has 0 spiro atoms. The summed E-state index contributed by atoms with van der Waals surface area (Å²) in [6.45, 7) is 8.91. The van der Waals surface area contributed by atoms with E-state index >= 15 is 0 Å².